The average Bonchev–Trinajstić information content (AvgIpc) is 3.25. The van der Waals surface area contributed by atoms with Gasteiger partial charge in [0.2, 0.25) is 0 Å². The van der Waals surface area contributed by atoms with E-state index in [0.29, 0.717) is 12.1 Å². The van der Waals surface area contributed by atoms with E-state index in [1.807, 2.05) is 6.08 Å². The summed E-state index contributed by atoms with van der Waals surface area (Å²) in [5.74, 6) is 1.06. The zero-order valence-electron chi connectivity index (χ0n) is 18.9. The summed E-state index contributed by atoms with van der Waals surface area (Å²) in [5.41, 5.74) is 7.03. The molecule has 4 rings (SSSR count). The predicted octanol–water partition coefficient (Wildman–Crippen LogP) is 7.27. The molecule has 1 aliphatic carbocycles. The number of ether oxygens (including phenoxy) is 1. The Bertz CT molecular complexity index is 1090. The monoisotopic (exact) mass is 424 g/mol. The van der Waals surface area contributed by atoms with E-state index in [1.165, 1.54) is 45.1 Å². The zero-order chi connectivity index (χ0) is 21.8. The minimum Gasteiger partial charge on any atom is -0.489 e. The molecule has 0 aliphatic heterocycles. The van der Waals surface area contributed by atoms with Gasteiger partial charge in [-0.2, -0.15) is 0 Å². The van der Waals surface area contributed by atoms with Crippen molar-refractivity contribution in [2.75, 3.05) is 6.61 Å². The first-order valence-corrected chi connectivity index (χ1v) is 13.8. The van der Waals surface area contributed by atoms with Crippen LogP contribution in [0.3, 0.4) is 0 Å². The predicted molar refractivity (Wildman–Crippen MR) is 137 cm³/mol. The maximum Gasteiger partial charge on any atom is 0.126 e. The molecular formula is C29H32OSi. The molecule has 1 unspecified atom stereocenters. The molecule has 1 aliphatic rings. The summed E-state index contributed by atoms with van der Waals surface area (Å²) in [4.78, 5) is 0. The first-order chi connectivity index (χ1) is 15.1. The van der Waals surface area contributed by atoms with Crippen molar-refractivity contribution in [3.63, 3.8) is 0 Å². The van der Waals surface area contributed by atoms with Crippen LogP contribution in [0.4, 0.5) is 0 Å². The third-order valence-corrected chi connectivity index (χ3v) is 12.5. The van der Waals surface area contributed by atoms with Crippen LogP contribution in [0, 0.1) is 6.92 Å². The molecular weight excluding hydrogens is 392 g/mol. The molecule has 0 heterocycles. The van der Waals surface area contributed by atoms with Gasteiger partial charge in [0.05, 0.1) is 0 Å². The lowest BCUT2D eigenvalue weighted by atomic mass is 10.0. The van der Waals surface area contributed by atoms with Crippen LogP contribution >= 0.6 is 0 Å². The van der Waals surface area contributed by atoms with Crippen molar-refractivity contribution in [3.8, 4) is 16.9 Å². The van der Waals surface area contributed by atoms with Crippen LogP contribution in [0.1, 0.15) is 36.1 Å². The molecule has 158 valence electrons. The van der Waals surface area contributed by atoms with Crippen LogP contribution in [0.15, 0.2) is 85.5 Å². The Morgan fingerprint density at radius 2 is 1.68 bits per heavy atom. The smallest absolute Gasteiger partial charge is 0.126 e. The summed E-state index contributed by atoms with van der Waals surface area (Å²) in [6.07, 6.45) is 6.64. The van der Waals surface area contributed by atoms with Crippen molar-refractivity contribution in [1.29, 1.82) is 0 Å². The van der Waals surface area contributed by atoms with Gasteiger partial charge in [0.1, 0.15) is 20.4 Å². The molecule has 0 amide bonds. The molecule has 0 aromatic heterocycles. The highest BCUT2D eigenvalue weighted by atomic mass is 28.3. The summed E-state index contributed by atoms with van der Waals surface area (Å²) in [5, 5.41) is 1.45. The molecule has 3 aromatic carbocycles. The quantitative estimate of drug-likeness (QED) is 0.273. The van der Waals surface area contributed by atoms with Gasteiger partial charge in [0, 0.05) is 11.1 Å². The first-order valence-electron chi connectivity index (χ1n) is 11.4. The Morgan fingerprint density at radius 1 is 0.968 bits per heavy atom. The Kier molecular flexibility index (Phi) is 6.29. The largest absolute Gasteiger partial charge is 0.489 e. The molecule has 1 atom stereocenters. The normalized spacial score (nSPS) is 15.0. The van der Waals surface area contributed by atoms with Gasteiger partial charge < -0.3 is 4.74 Å². The fraction of sp³-hybridized carbons (Fsp3) is 0.241. The summed E-state index contributed by atoms with van der Waals surface area (Å²) in [7, 11) is -1.97. The molecule has 0 spiro atoms. The fourth-order valence-corrected chi connectivity index (χ4v) is 10.2. The lowest BCUT2D eigenvalue weighted by Gasteiger charge is -2.38. The van der Waals surface area contributed by atoms with Gasteiger partial charge in [-0.05, 0) is 34.9 Å². The highest BCUT2D eigenvalue weighted by molar-refractivity contribution is 6.94. The van der Waals surface area contributed by atoms with E-state index in [0.717, 1.165) is 5.75 Å². The van der Waals surface area contributed by atoms with Crippen LogP contribution in [-0.2, 0) is 0 Å². The van der Waals surface area contributed by atoms with E-state index < -0.39 is 8.07 Å². The maximum absolute atomic E-state index is 6.48. The first kappa shape index (κ1) is 21.4. The highest BCUT2D eigenvalue weighted by Gasteiger charge is 2.44. The molecule has 0 fully saturated rings. The van der Waals surface area contributed by atoms with Gasteiger partial charge in [-0.15, -0.1) is 0 Å². The lowest BCUT2D eigenvalue weighted by molar-refractivity contribution is 0.367. The number of benzene rings is 3. The average molecular weight is 425 g/mol. The Balaban J connectivity index is 1.97. The van der Waals surface area contributed by atoms with Crippen molar-refractivity contribution in [2.24, 2.45) is 0 Å². The van der Waals surface area contributed by atoms with E-state index in [4.69, 9.17) is 4.74 Å². The Morgan fingerprint density at radius 3 is 2.39 bits per heavy atom. The molecule has 1 nitrogen and oxygen atoms in total. The van der Waals surface area contributed by atoms with Gasteiger partial charge in [0.15, 0.2) is 0 Å². The summed E-state index contributed by atoms with van der Waals surface area (Å²) < 4.78 is 6.48. The zero-order valence-corrected chi connectivity index (χ0v) is 19.9. The third-order valence-electron chi connectivity index (χ3n) is 6.86. The standard InChI is InChI=1S/C29H32OSi/c1-5-19-30-29-26(23-13-9-8-10-14-23)20-22(4)21-28(29)31(6-2,7-3)27-18-17-24-15-11-12-16-25(24)27/h5,8-18,20-21,27H,1,6-7,19H2,2-4H3. The van der Waals surface area contributed by atoms with Crippen molar-refractivity contribution in [2.45, 2.75) is 38.4 Å². The second-order valence-electron chi connectivity index (χ2n) is 8.48. The molecule has 0 bridgehead atoms. The number of rotatable bonds is 8. The fourth-order valence-electron chi connectivity index (χ4n) is 5.24. The van der Waals surface area contributed by atoms with E-state index in [-0.39, 0.29) is 0 Å². The second-order valence-corrected chi connectivity index (χ2v) is 13.4. The molecule has 3 aromatic rings. The maximum atomic E-state index is 6.48. The van der Waals surface area contributed by atoms with E-state index in [1.54, 1.807) is 0 Å². The molecule has 0 radical (unpaired) electrons. The topological polar surface area (TPSA) is 9.23 Å². The summed E-state index contributed by atoms with van der Waals surface area (Å²) in [6.45, 7) is 11.4. The van der Waals surface area contributed by atoms with Crippen LogP contribution in [0.2, 0.25) is 12.1 Å². The van der Waals surface area contributed by atoms with Crippen molar-refractivity contribution in [3.05, 3.63) is 102 Å². The van der Waals surface area contributed by atoms with Gasteiger partial charge in [-0.1, -0.05) is 117 Å². The Labute approximate surface area is 188 Å². The van der Waals surface area contributed by atoms with Crippen molar-refractivity contribution in [1.82, 2.24) is 0 Å². The number of aryl methyl sites for hydroxylation is 1. The van der Waals surface area contributed by atoms with Gasteiger partial charge in [-0.3, -0.25) is 0 Å². The van der Waals surface area contributed by atoms with Crippen molar-refractivity contribution >= 4 is 19.3 Å². The van der Waals surface area contributed by atoms with Gasteiger partial charge in [0.25, 0.3) is 0 Å². The minimum atomic E-state index is -1.97. The second kappa shape index (κ2) is 9.11. The number of fused-ring (bicyclic) bond motifs is 1. The third kappa shape index (κ3) is 3.81. The number of hydrogen-bond acceptors (Lipinski definition) is 1. The van der Waals surface area contributed by atoms with Crippen LogP contribution in [0.25, 0.3) is 17.2 Å². The van der Waals surface area contributed by atoms with Crippen LogP contribution in [0.5, 0.6) is 5.75 Å². The van der Waals surface area contributed by atoms with Crippen LogP contribution < -0.4 is 9.92 Å². The number of allylic oxidation sites excluding steroid dienone is 1. The summed E-state index contributed by atoms with van der Waals surface area (Å²) >= 11 is 0. The minimum absolute atomic E-state index is 0.468. The summed E-state index contributed by atoms with van der Waals surface area (Å²) in [6, 6.07) is 26.6. The molecule has 31 heavy (non-hydrogen) atoms. The number of hydrogen-bond donors (Lipinski definition) is 0. The molecule has 2 heteroatoms. The lowest BCUT2D eigenvalue weighted by Crippen LogP contribution is -2.52. The van der Waals surface area contributed by atoms with E-state index in [2.05, 4.69) is 106 Å². The molecule has 0 saturated heterocycles. The van der Waals surface area contributed by atoms with Crippen molar-refractivity contribution < 1.29 is 4.74 Å². The van der Waals surface area contributed by atoms with Gasteiger partial charge >= 0.3 is 0 Å². The van der Waals surface area contributed by atoms with Crippen LogP contribution in [-0.4, -0.2) is 14.7 Å². The highest BCUT2D eigenvalue weighted by Crippen LogP contribution is 2.43. The van der Waals surface area contributed by atoms with E-state index in [9.17, 15) is 0 Å². The van der Waals surface area contributed by atoms with E-state index >= 15 is 0 Å². The molecule has 0 N–H and O–H groups in total. The SMILES string of the molecule is C=CCOc1c(-c2ccccc2)cc(C)cc1[Si](CC)(CC)C1C=Cc2ccccc21. The van der Waals surface area contributed by atoms with Gasteiger partial charge in [-0.25, -0.2) is 0 Å². The Hall–Kier alpha value is -2.84. The molecule has 0 saturated carbocycles.